The third-order valence-corrected chi connectivity index (χ3v) is 5.69. The normalized spacial score (nSPS) is 11.6. The largest absolute Gasteiger partial charge is 0.478 e. The van der Waals surface area contributed by atoms with Crippen molar-refractivity contribution in [2.45, 2.75) is 6.92 Å². The van der Waals surface area contributed by atoms with Crippen LogP contribution in [0.5, 0.6) is 0 Å². The Hall–Kier alpha value is -3.49. The lowest BCUT2D eigenvalue weighted by molar-refractivity contribution is -0.131. The molecule has 30 heavy (non-hydrogen) atoms. The number of rotatable bonds is 6. The van der Waals surface area contributed by atoms with Gasteiger partial charge < -0.3 is 10.4 Å². The first-order valence-corrected chi connectivity index (χ1v) is 9.88. The van der Waals surface area contributed by atoms with Crippen molar-refractivity contribution < 1.29 is 19.5 Å². The number of carbonyl (C=O) groups excluding carboxylic acids is 2. The van der Waals surface area contributed by atoms with Crippen LogP contribution in [0.1, 0.15) is 22.2 Å². The fourth-order valence-corrected chi connectivity index (χ4v) is 3.94. The van der Waals surface area contributed by atoms with Gasteiger partial charge in [-0.25, -0.2) is 10.2 Å². The standard InChI is InChI=1S/C21H16ClN3O4S/c1-12(13-6-8-14(9-7-13)23-17(26)10-11-18(27)28)24-25-21(29)20-19(22)15-4-2-3-5-16(15)30-20/h2-11H,1H3,(H,23,26)(H,25,29)(H,27,28). The molecule has 0 bridgehead atoms. The molecular weight excluding hydrogens is 426 g/mol. The minimum atomic E-state index is -1.20. The molecule has 9 heteroatoms. The Balaban J connectivity index is 1.66. The van der Waals surface area contributed by atoms with E-state index in [1.807, 2.05) is 24.3 Å². The summed E-state index contributed by atoms with van der Waals surface area (Å²) in [6, 6.07) is 14.2. The number of hydrazone groups is 1. The van der Waals surface area contributed by atoms with Gasteiger partial charge in [-0.2, -0.15) is 5.10 Å². The van der Waals surface area contributed by atoms with E-state index in [0.29, 0.717) is 21.3 Å². The number of fused-ring (bicyclic) bond motifs is 1. The highest BCUT2D eigenvalue weighted by atomic mass is 35.5. The van der Waals surface area contributed by atoms with Gasteiger partial charge in [-0.3, -0.25) is 9.59 Å². The molecule has 0 aliphatic rings. The quantitative estimate of drug-likeness (QED) is 0.301. The van der Waals surface area contributed by atoms with E-state index in [-0.39, 0.29) is 0 Å². The van der Waals surface area contributed by atoms with Crippen molar-refractivity contribution >= 4 is 62.2 Å². The molecule has 3 rings (SSSR count). The zero-order valence-corrected chi connectivity index (χ0v) is 17.3. The third kappa shape index (κ3) is 5.11. The van der Waals surface area contributed by atoms with Crippen molar-refractivity contribution in [3.05, 3.63) is 76.1 Å². The van der Waals surface area contributed by atoms with Gasteiger partial charge in [0.1, 0.15) is 4.88 Å². The van der Waals surface area contributed by atoms with E-state index < -0.39 is 17.8 Å². The lowest BCUT2D eigenvalue weighted by Crippen LogP contribution is -2.18. The van der Waals surface area contributed by atoms with Crippen LogP contribution in [0.25, 0.3) is 10.1 Å². The van der Waals surface area contributed by atoms with Crippen LogP contribution < -0.4 is 10.7 Å². The molecule has 3 aromatic rings. The maximum Gasteiger partial charge on any atom is 0.328 e. The average Bonchev–Trinajstić information content (AvgIpc) is 3.08. The summed E-state index contributed by atoms with van der Waals surface area (Å²) in [6.45, 7) is 1.73. The van der Waals surface area contributed by atoms with Crippen molar-refractivity contribution in [2.24, 2.45) is 5.10 Å². The molecule has 0 saturated carbocycles. The predicted molar refractivity (Wildman–Crippen MR) is 118 cm³/mol. The molecule has 0 aliphatic carbocycles. The lowest BCUT2D eigenvalue weighted by atomic mass is 10.1. The second kappa shape index (κ2) is 9.34. The van der Waals surface area contributed by atoms with Crippen molar-refractivity contribution in [1.82, 2.24) is 5.43 Å². The number of hydrogen-bond donors (Lipinski definition) is 3. The van der Waals surface area contributed by atoms with Gasteiger partial charge in [-0.15, -0.1) is 11.3 Å². The van der Waals surface area contributed by atoms with Crippen molar-refractivity contribution in [3.63, 3.8) is 0 Å². The van der Waals surface area contributed by atoms with Crippen LogP contribution in [0.15, 0.2) is 65.8 Å². The van der Waals surface area contributed by atoms with Gasteiger partial charge >= 0.3 is 5.97 Å². The van der Waals surface area contributed by atoms with Gasteiger partial charge in [0.25, 0.3) is 5.91 Å². The van der Waals surface area contributed by atoms with Crippen LogP contribution in [0.3, 0.4) is 0 Å². The van der Waals surface area contributed by atoms with Crippen LogP contribution in [0, 0.1) is 0 Å². The molecule has 3 N–H and O–H groups in total. The molecule has 0 aliphatic heterocycles. The van der Waals surface area contributed by atoms with Gasteiger partial charge in [-0.05, 0) is 30.7 Å². The van der Waals surface area contributed by atoms with E-state index >= 15 is 0 Å². The summed E-state index contributed by atoms with van der Waals surface area (Å²) < 4.78 is 0.921. The Morgan fingerprint density at radius 3 is 2.43 bits per heavy atom. The first-order valence-electron chi connectivity index (χ1n) is 8.69. The topological polar surface area (TPSA) is 108 Å². The van der Waals surface area contributed by atoms with Crippen LogP contribution in [0.2, 0.25) is 5.02 Å². The molecule has 2 aromatic carbocycles. The van der Waals surface area contributed by atoms with Crippen molar-refractivity contribution in [2.75, 3.05) is 5.32 Å². The lowest BCUT2D eigenvalue weighted by Gasteiger charge is -2.05. The van der Waals surface area contributed by atoms with Gasteiger partial charge in [0.05, 0.1) is 10.7 Å². The van der Waals surface area contributed by atoms with Crippen molar-refractivity contribution in [1.29, 1.82) is 0 Å². The SMILES string of the molecule is CC(=NNC(=O)c1sc2ccccc2c1Cl)c1ccc(NC(=O)C=CC(=O)O)cc1. The Labute approximate surface area is 180 Å². The smallest absolute Gasteiger partial charge is 0.328 e. The average molecular weight is 442 g/mol. The van der Waals surface area contributed by atoms with Gasteiger partial charge in [0.15, 0.2) is 0 Å². The second-order valence-corrected chi connectivity index (χ2v) is 7.55. The van der Waals surface area contributed by atoms with E-state index in [9.17, 15) is 14.4 Å². The summed E-state index contributed by atoms with van der Waals surface area (Å²) >= 11 is 7.61. The molecule has 0 saturated heterocycles. The maximum absolute atomic E-state index is 12.5. The van der Waals surface area contributed by atoms with E-state index in [4.69, 9.17) is 16.7 Å². The number of halogens is 1. The van der Waals surface area contributed by atoms with Crippen LogP contribution >= 0.6 is 22.9 Å². The molecule has 152 valence electrons. The molecule has 0 fully saturated rings. The Bertz CT molecular complexity index is 1180. The van der Waals surface area contributed by atoms with Crippen LogP contribution in [-0.2, 0) is 9.59 Å². The van der Waals surface area contributed by atoms with E-state index in [0.717, 1.165) is 27.8 Å². The highest BCUT2D eigenvalue weighted by molar-refractivity contribution is 7.21. The van der Waals surface area contributed by atoms with E-state index in [1.54, 1.807) is 31.2 Å². The zero-order valence-electron chi connectivity index (χ0n) is 15.7. The summed E-state index contributed by atoms with van der Waals surface area (Å²) in [4.78, 5) is 34.9. The number of carboxylic acids is 1. The molecule has 0 unspecified atom stereocenters. The monoisotopic (exact) mass is 441 g/mol. The predicted octanol–water partition coefficient (Wildman–Crippen LogP) is 4.29. The summed E-state index contributed by atoms with van der Waals surface area (Å²) in [5.74, 6) is -2.15. The number of nitrogens with zero attached hydrogens (tertiary/aromatic N) is 1. The second-order valence-electron chi connectivity index (χ2n) is 6.12. The Morgan fingerprint density at radius 2 is 1.77 bits per heavy atom. The number of thiophene rings is 1. The summed E-state index contributed by atoms with van der Waals surface area (Å²) in [5.41, 5.74) is 4.30. The number of amides is 2. The number of carboxylic acid groups (broad SMARTS) is 1. The van der Waals surface area contributed by atoms with Crippen molar-refractivity contribution in [3.8, 4) is 0 Å². The van der Waals surface area contributed by atoms with E-state index in [1.165, 1.54) is 11.3 Å². The number of benzene rings is 2. The highest BCUT2D eigenvalue weighted by Gasteiger charge is 2.16. The number of aliphatic carboxylic acids is 1. The molecule has 1 heterocycles. The third-order valence-electron chi connectivity index (χ3n) is 4.01. The molecule has 7 nitrogen and oxygen atoms in total. The summed E-state index contributed by atoms with van der Waals surface area (Å²) in [7, 11) is 0. The van der Waals surface area contributed by atoms with Crippen LogP contribution in [0.4, 0.5) is 5.69 Å². The van der Waals surface area contributed by atoms with Gasteiger partial charge in [0, 0.05) is 27.9 Å². The Morgan fingerprint density at radius 1 is 1.07 bits per heavy atom. The fraction of sp³-hybridized carbons (Fsp3) is 0.0476. The first-order chi connectivity index (χ1) is 14.3. The highest BCUT2D eigenvalue weighted by Crippen LogP contribution is 2.34. The van der Waals surface area contributed by atoms with E-state index in [2.05, 4.69) is 15.8 Å². The van der Waals surface area contributed by atoms with Gasteiger partial charge in [-0.1, -0.05) is 41.9 Å². The minimum absolute atomic E-state index is 0.391. The summed E-state index contributed by atoms with van der Waals surface area (Å²) in [5, 5.41) is 16.4. The minimum Gasteiger partial charge on any atom is -0.478 e. The summed E-state index contributed by atoms with van der Waals surface area (Å²) in [6.07, 6.45) is 1.68. The number of hydrogen-bond acceptors (Lipinski definition) is 5. The fourth-order valence-electron chi connectivity index (χ4n) is 2.54. The molecule has 0 radical (unpaired) electrons. The molecule has 2 amide bonds. The molecular formula is C21H16ClN3O4S. The zero-order chi connectivity index (χ0) is 21.7. The molecule has 0 spiro atoms. The first kappa shape index (κ1) is 21.2. The number of anilines is 1. The Kier molecular flexibility index (Phi) is 6.61. The van der Waals surface area contributed by atoms with Gasteiger partial charge in [0.2, 0.25) is 5.91 Å². The maximum atomic E-state index is 12.5. The number of nitrogens with one attached hydrogen (secondary N) is 2. The molecule has 0 atom stereocenters. The number of carbonyl (C=O) groups is 3. The van der Waals surface area contributed by atoms with Crippen LogP contribution in [-0.4, -0.2) is 28.6 Å². The molecule has 1 aromatic heterocycles.